The van der Waals surface area contributed by atoms with Crippen molar-refractivity contribution in [2.75, 3.05) is 66.3 Å². The first-order valence-electron chi connectivity index (χ1n) is 25.6. The lowest BCUT2D eigenvalue weighted by Gasteiger charge is -2.30. The number of carbonyl (C=O) groups excluding carboxylic acids is 2. The zero-order chi connectivity index (χ0) is 43.6. The van der Waals surface area contributed by atoms with E-state index >= 15 is 0 Å². The van der Waals surface area contributed by atoms with Gasteiger partial charge < -0.3 is 38.6 Å². The smallest absolute Gasteiger partial charge is 0.305 e. The summed E-state index contributed by atoms with van der Waals surface area (Å²) in [5, 5.41) is 3.99. The van der Waals surface area contributed by atoms with Gasteiger partial charge in [0.05, 0.1) is 26.1 Å². The van der Waals surface area contributed by atoms with Gasteiger partial charge in [0, 0.05) is 45.3 Å². The monoisotopic (exact) mass is 855 g/mol. The number of nitrogens with zero attached hydrogens (tertiary/aromatic N) is 1. The molecule has 1 aliphatic rings. The van der Waals surface area contributed by atoms with Crippen LogP contribution in [-0.4, -0.2) is 102 Å². The SMILES string of the molecule is CCCCCOC(CCC(=O)OCCCCCCCC(CCCCCCCOC(=O)CCC(OCCCCC)OCCCCC)NCC1CCN(C)CC1)OCCCCC. The van der Waals surface area contributed by atoms with Crippen LogP contribution in [0.2, 0.25) is 0 Å². The predicted molar refractivity (Wildman–Crippen MR) is 247 cm³/mol. The van der Waals surface area contributed by atoms with Gasteiger partial charge in [-0.05, 0) is 96.8 Å². The van der Waals surface area contributed by atoms with E-state index in [0.29, 0.717) is 71.4 Å². The van der Waals surface area contributed by atoms with Crippen LogP contribution in [0.1, 0.15) is 220 Å². The molecule has 1 saturated heterocycles. The van der Waals surface area contributed by atoms with E-state index in [1.165, 1.54) is 77.3 Å². The third-order valence-electron chi connectivity index (χ3n) is 11.8. The van der Waals surface area contributed by atoms with E-state index in [-0.39, 0.29) is 24.5 Å². The van der Waals surface area contributed by atoms with Crippen molar-refractivity contribution in [3.8, 4) is 0 Å². The summed E-state index contributed by atoms with van der Waals surface area (Å²) in [5.74, 6) is 0.510. The van der Waals surface area contributed by atoms with E-state index in [1.807, 2.05) is 0 Å². The summed E-state index contributed by atoms with van der Waals surface area (Å²) in [7, 11) is 2.24. The van der Waals surface area contributed by atoms with Crippen LogP contribution in [0, 0.1) is 5.92 Å². The molecule has 0 radical (unpaired) electrons. The van der Waals surface area contributed by atoms with Crippen molar-refractivity contribution in [2.24, 2.45) is 5.92 Å². The summed E-state index contributed by atoms with van der Waals surface area (Å²) in [6, 6.07) is 0.580. The van der Waals surface area contributed by atoms with Gasteiger partial charge in [-0.2, -0.15) is 0 Å². The topological polar surface area (TPSA) is 105 Å². The third kappa shape index (κ3) is 36.2. The first-order chi connectivity index (χ1) is 29.4. The number of hydrogen-bond donors (Lipinski definition) is 1. The van der Waals surface area contributed by atoms with Gasteiger partial charge in [-0.1, -0.05) is 130 Å². The largest absolute Gasteiger partial charge is 0.466 e. The van der Waals surface area contributed by atoms with E-state index in [9.17, 15) is 9.59 Å². The summed E-state index contributed by atoms with van der Waals surface area (Å²) < 4.78 is 35.0. The molecule has 0 amide bonds. The summed E-state index contributed by atoms with van der Waals surface area (Å²) in [5.41, 5.74) is 0. The highest BCUT2D eigenvalue weighted by Gasteiger charge is 2.19. The molecule has 356 valence electrons. The number of piperidine rings is 1. The molecule has 0 atom stereocenters. The quantitative estimate of drug-likeness (QED) is 0.0362. The normalized spacial score (nSPS) is 13.9. The maximum atomic E-state index is 12.5. The minimum atomic E-state index is -0.312. The van der Waals surface area contributed by atoms with Crippen LogP contribution >= 0.6 is 0 Å². The molecule has 1 fully saturated rings. The Hall–Kier alpha value is -1.30. The third-order valence-corrected chi connectivity index (χ3v) is 11.8. The lowest BCUT2D eigenvalue weighted by Crippen LogP contribution is -2.38. The van der Waals surface area contributed by atoms with Crippen molar-refractivity contribution in [1.82, 2.24) is 10.2 Å². The van der Waals surface area contributed by atoms with E-state index in [0.717, 1.165) is 115 Å². The Bertz CT molecular complexity index is 850. The van der Waals surface area contributed by atoms with Crippen LogP contribution in [0.15, 0.2) is 0 Å². The van der Waals surface area contributed by atoms with Gasteiger partial charge >= 0.3 is 11.9 Å². The number of esters is 2. The molecule has 0 spiro atoms. The lowest BCUT2D eigenvalue weighted by atomic mass is 9.95. The van der Waals surface area contributed by atoms with Gasteiger partial charge in [0.1, 0.15) is 0 Å². The van der Waals surface area contributed by atoms with Crippen molar-refractivity contribution < 1.29 is 38.0 Å². The predicted octanol–water partition coefficient (Wildman–Crippen LogP) is 12.1. The average Bonchev–Trinajstić information content (AvgIpc) is 3.25. The van der Waals surface area contributed by atoms with Crippen LogP contribution in [0.5, 0.6) is 0 Å². The van der Waals surface area contributed by atoms with Crippen LogP contribution in [0.3, 0.4) is 0 Å². The Labute approximate surface area is 370 Å². The fourth-order valence-electron chi connectivity index (χ4n) is 7.68. The molecule has 0 aromatic heterocycles. The van der Waals surface area contributed by atoms with Crippen molar-refractivity contribution >= 4 is 11.9 Å². The zero-order valence-electron chi connectivity index (χ0n) is 40.1. The molecule has 10 heteroatoms. The minimum absolute atomic E-state index is 0.140. The fourth-order valence-corrected chi connectivity index (χ4v) is 7.68. The second kappa shape index (κ2) is 43.0. The first kappa shape index (κ1) is 56.7. The highest BCUT2D eigenvalue weighted by molar-refractivity contribution is 5.69. The summed E-state index contributed by atoms with van der Waals surface area (Å²) in [6.45, 7) is 16.1. The second-order valence-corrected chi connectivity index (χ2v) is 17.7. The Morgan fingerprint density at radius 3 is 1.22 bits per heavy atom. The number of carbonyl (C=O) groups is 2. The van der Waals surface area contributed by atoms with Gasteiger partial charge in [-0.15, -0.1) is 0 Å². The number of nitrogens with one attached hydrogen (secondary N) is 1. The highest BCUT2D eigenvalue weighted by Crippen LogP contribution is 2.19. The number of ether oxygens (including phenoxy) is 6. The van der Waals surface area contributed by atoms with E-state index in [2.05, 4.69) is 45.0 Å². The van der Waals surface area contributed by atoms with Crippen LogP contribution in [-0.2, 0) is 38.0 Å². The Morgan fingerprint density at radius 1 is 0.483 bits per heavy atom. The molecule has 0 saturated carbocycles. The standard InChI is InChI=1S/C50H98N2O8/c1-6-10-22-40-57-49(58-41-23-11-7-2)32-30-47(53)55-38-26-18-14-16-20-28-46(51-44-45-34-36-52(5)37-35-45)29-21-17-15-19-27-39-56-48(54)31-33-50(59-42-24-12-8-3)60-43-25-13-9-4/h45-46,49-51H,6-44H2,1-5H3. The number of hydrogen-bond acceptors (Lipinski definition) is 10. The van der Waals surface area contributed by atoms with E-state index < -0.39 is 0 Å². The van der Waals surface area contributed by atoms with Crippen LogP contribution in [0.25, 0.3) is 0 Å². The number of likely N-dealkylation sites (tertiary alicyclic amines) is 1. The highest BCUT2D eigenvalue weighted by atomic mass is 16.7. The van der Waals surface area contributed by atoms with Gasteiger partial charge in [0.2, 0.25) is 0 Å². The van der Waals surface area contributed by atoms with Gasteiger partial charge in [-0.25, -0.2) is 0 Å². The minimum Gasteiger partial charge on any atom is -0.466 e. The number of rotatable bonds is 45. The van der Waals surface area contributed by atoms with Crippen molar-refractivity contribution in [2.45, 2.75) is 239 Å². The molecule has 0 aromatic rings. The molecule has 10 nitrogen and oxygen atoms in total. The zero-order valence-corrected chi connectivity index (χ0v) is 40.1. The van der Waals surface area contributed by atoms with E-state index in [4.69, 9.17) is 28.4 Å². The molecular weight excluding hydrogens is 757 g/mol. The van der Waals surface area contributed by atoms with Crippen molar-refractivity contribution in [3.05, 3.63) is 0 Å². The average molecular weight is 855 g/mol. The summed E-state index contributed by atoms with van der Waals surface area (Å²) >= 11 is 0. The second-order valence-electron chi connectivity index (χ2n) is 17.7. The molecule has 0 bridgehead atoms. The van der Waals surface area contributed by atoms with Crippen LogP contribution < -0.4 is 5.32 Å². The maximum absolute atomic E-state index is 12.5. The Kier molecular flexibility index (Phi) is 40.6. The molecule has 1 rings (SSSR count). The summed E-state index contributed by atoms with van der Waals surface area (Å²) in [4.78, 5) is 27.4. The molecule has 1 heterocycles. The Morgan fingerprint density at radius 2 is 0.833 bits per heavy atom. The number of unbranched alkanes of at least 4 members (excludes halogenated alkanes) is 16. The molecule has 60 heavy (non-hydrogen) atoms. The molecular formula is C50H98N2O8. The van der Waals surface area contributed by atoms with Gasteiger partial charge in [0.25, 0.3) is 0 Å². The van der Waals surface area contributed by atoms with Gasteiger partial charge in [0.15, 0.2) is 12.6 Å². The molecule has 0 aliphatic carbocycles. The van der Waals surface area contributed by atoms with Crippen LogP contribution in [0.4, 0.5) is 0 Å². The van der Waals surface area contributed by atoms with Gasteiger partial charge in [-0.3, -0.25) is 9.59 Å². The molecule has 1 N–H and O–H groups in total. The van der Waals surface area contributed by atoms with Crippen molar-refractivity contribution in [1.29, 1.82) is 0 Å². The lowest BCUT2D eigenvalue weighted by molar-refractivity contribution is -0.159. The maximum Gasteiger partial charge on any atom is 0.305 e. The Balaban J connectivity index is 2.27. The summed E-state index contributed by atoms with van der Waals surface area (Å²) in [6.07, 6.45) is 31.0. The fraction of sp³-hybridized carbons (Fsp3) is 0.960. The molecule has 1 aliphatic heterocycles. The van der Waals surface area contributed by atoms with E-state index in [1.54, 1.807) is 0 Å². The first-order valence-corrected chi connectivity index (χ1v) is 25.6. The molecule has 0 aromatic carbocycles. The van der Waals surface area contributed by atoms with Crippen molar-refractivity contribution in [3.63, 3.8) is 0 Å². The molecule has 0 unspecified atom stereocenters.